The number of fused-ring (bicyclic) bond motifs is 3. The molecule has 0 unspecified atom stereocenters. The number of hydrogen-bond acceptors (Lipinski definition) is 6. The Morgan fingerprint density at radius 2 is 2.14 bits per heavy atom. The number of amides is 1. The summed E-state index contributed by atoms with van der Waals surface area (Å²) in [6, 6.07) is 7.85. The Kier molecular flexibility index (Phi) is 4.12. The number of nitrogens with zero attached hydrogens (tertiary/aromatic N) is 2. The summed E-state index contributed by atoms with van der Waals surface area (Å²) in [7, 11) is 3.22. The second-order valence-electron chi connectivity index (χ2n) is 5.34. The fraction of sp³-hybridized carbons (Fsp3) is 0.267. The molecule has 7 heteroatoms. The first kappa shape index (κ1) is 15.7. The maximum Gasteiger partial charge on any atom is 0.238 e. The Bertz CT molecular complexity index is 844. The zero-order valence-corrected chi connectivity index (χ0v) is 15.2. The Hall–Kier alpha value is -1.20. The molecule has 0 fully saturated rings. The Morgan fingerprint density at radius 3 is 2.86 bits per heavy atom. The van der Waals surface area contributed by atoms with E-state index in [0.29, 0.717) is 0 Å². The lowest BCUT2D eigenvalue weighted by Crippen LogP contribution is -2.48. The monoisotopic (exact) mass is 364 g/mol. The SMILES string of the molecule is CC1(C)c2ssc(=S)c2-c2ccccc2N1C(=O)CSC#N. The molecule has 0 N–H and O–H groups in total. The molecule has 2 heterocycles. The van der Waals surface area contributed by atoms with E-state index < -0.39 is 5.54 Å². The van der Waals surface area contributed by atoms with Crippen LogP contribution in [0.15, 0.2) is 24.3 Å². The van der Waals surface area contributed by atoms with Crippen LogP contribution in [0.5, 0.6) is 0 Å². The first-order chi connectivity index (χ1) is 10.5. The highest BCUT2D eigenvalue weighted by atomic mass is 32.9. The molecule has 1 aromatic heterocycles. The zero-order chi connectivity index (χ0) is 15.9. The van der Waals surface area contributed by atoms with E-state index in [2.05, 4.69) is 0 Å². The molecule has 3 nitrogen and oxygen atoms in total. The normalized spacial score (nSPS) is 14.9. The summed E-state index contributed by atoms with van der Waals surface area (Å²) in [5, 5.41) is 10.7. The minimum atomic E-state index is -0.463. The molecule has 0 spiro atoms. The fourth-order valence-electron chi connectivity index (χ4n) is 2.78. The molecular weight excluding hydrogens is 352 g/mol. The maximum atomic E-state index is 12.7. The van der Waals surface area contributed by atoms with Crippen LogP contribution in [0.1, 0.15) is 18.7 Å². The van der Waals surface area contributed by atoms with Gasteiger partial charge in [0, 0.05) is 11.1 Å². The molecule has 0 saturated carbocycles. The molecule has 1 aromatic carbocycles. The zero-order valence-electron chi connectivity index (χ0n) is 12.0. The Balaban J connectivity index is 2.23. The van der Waals surface area contributed by atoms with Crippen LogP contribution in [0.25, 0.3) is 11.1 Å². The van der Waals surface area contributed by atoms with E-state index in [1.165, 1.54) is 0 Å². The number of hydrogen-bond donors (Lipinski definition) is 0. The van der Waals surface area contributed by atoms with E-state index in [0.717, 1.165) is 37.3 Å². The standard InChI is InChI=1S/C15H12N2OS4/c1-15(2)13-12(14(19)22-21-13)9-5-3-4-6-10(9)17(15)11(18)7-20-8-16/h3-6H,7H2,1-2H3. The van der Waals surface area contributed by atoms with Gasteiger partial charge in [0.15, 0.2) is 0 Å². The number of carbonyl (C=O) groups is 1. The van der Waals surface area contributed by atoms with Gasteiger partial charge in [-0.3, -0.25) is 4.79 Å². The van der Waals surface area contributed by atoms with Crippen LogP contribution in [-0.4, -0.2) is 11.7 Å². The maximum absolute atomic E-state index is 12.7. The molecule has 22 heavy (non-hydrogen) atoms. The van der Waals surface area contributed by atoms with Crippen molar-refractivity contribution in [3.8, 4) is 16.5 Å². The van der Waals surface area contributed by atoms with Crippen molar-refractivity contribution in [2.24, 2.45) is 0 Å². The van der Waals surface area contributed by atoms with Crippen LogP contribution in [0.4, 0.5) is 5.69 Å². The summed E-state index contributed by atoms with van der Waals surface area (Å²) in [6.45, 7) is 4.07. The second-order valence-corrected chi connectivity index (χ2v) is 8.92. The highest BCUT2D eigenvalue weighted by molar-refractivity contribution is 8.04. The van der Waals surface area contributed by atoms with Crippen molar-refractivity contribution in [2.45, 2.75) is 19.4 Å². The van der Waals surface area contributed by atoms with Crippen molar-refractivity contribution < 1.29 is 4.79 Å². The number of carbonyl (C=O) groups excluding carboxylic acids is 1. The molecule has 0 aliphatic carbocycles. The molecule has 2 aromatic rings. The minimum Gasteiger partial charge on any atom is -0.301 e. The molecular formula is C15H12N2OS4. The van der Waals surface area contributed by atoms with E-state index in [4.69, 9.17) is 17.5 Å². The van der Waals surface area contributed by atoms with Gasteiger partial charge in [-0.15, -0.1) is 0 Å². The summed E-state index contributed by atoms with van der Waals surface area (Å²) in [4.78, 5) is 15.6. The molecule has 3 rings (SSSR count). The van der Waals surface area contributed by atoms with Crippen LogP contribution >= 0.6 is 44.7 Å². The summed E-state index contributed by atoms with van der Waals surface area (Å²) < 4.78 is 0.874. The molecule has 1 amide bonds. The third kappa shape index (κ3) is 2.31. The van der Waals surface area contributed by atoms with Gasteiger partial charge in [-0.2, -0.15) is 5.26 Å². The van der Waals surface area contributed by atoms with E-state index in [1.807, 2.05) is 48.4 Å². The van der Waals surface area contributed by atoms with Crippen LogP contribution in [-0.2, 0) is 10.3 Å². The Labute approximate surface area is 145 Å². The van der Waals surface area contributed by atoms with Gasteiger partial charge in [0.2, 0.25) is 5.91 Å². The molecule has 112 valence electrons. The first-order valence-electron chi connectivity index (χ1n) is 6.55. The van der Waals surface area contributed by atoms with Gasteiger partial charge >= 0.3 is 0 Å². The van der Waals surface area contributed by atoms with Crippen molar-refractivity contribution in [2.75, 3.05) is 10.7 Å². The van der Waals surface area contributed by atoms with Crippen molar-refractivity contribution in [3.63, 3.8) is 0 Å². The summed E-state index contributed by atoms with van der Waals surface area (Å²) in [5.41, 5.74) is 2.51. The lowest BCUT2D eigenvalue weighted by Gasteiger charge is -2.42. The number of rotatable bonds is 2. The van der Waals surface area contributed by atoms with E-state index in [1.54, 1.807) is 20.7 Å². The number of nitriles is 1. The van der Waals surface area contributed by atoms with E-state index in [9.17, 15) is 4.79 Å². The quantitative estimate of drug-likeness (QED) is 0.427. The molecule has 0 saturated heterocycles. The van der Waals surface area contributed by atoms with Crippen LogP contribution in [0.3, 0.4) is 0 Å². The summed E-state index contributed by atoms with van der Waals surface area (Å²) in [6.07, 6.45) is 0. The van der Waals surface area contributed by atoms with Crippen molar-refractivity contribution >= 4 is 56.3 Å². The number of thioether (sulfide) groups is 1. The van der Waals surface area contributed by atoms with E-state index in [-0.39, 0.29) is 11.7 Å². The first-order valence-corrected chi connectivity index (χ1v) is 10.1. The van der Waals surface area contributed by atoms with Gasteiger partial charge in [0.05, 0.1) is 21.9 Å². The predicted molar refractivity (Wildman–Crippen MR) is 97.0 cm³/mol. The smallest absolute Gasteiger partial charge is 0.238 e. The van der Waals surface area contributed by atoms with Gasteiger partial charge in [-0.25, -0.2) is 0 Å². The topological polar surface area (TPSA) is 44.1 Å². The Morgan fingerprint density at radius 1 is 1.41 bits per heavy atom. The summed E-state index contributed by atoms with van der Waals surface area (Å²) >= 11 is 6.48. The molecule has 0 radical (unpaired) electrons. The predicted octanol–water partition coefficient (Wildman–Crippen LogP) is 5.00. The lowest BCUT2D eigenvalue weighted by atomic mass is 9.87. The second kappa shape index (κ2) is 5.78. The lowest BCUT2D eigenvalue weighted by molar-refractivity contribution is -0.117. The van der Waals surface area contributed by atoms with E-state index >= 15 is 0 Å². The van der Waals surface area contributed by atoms with Gasteiger partial charge in [0.25, 0.3) is 0 Å². The van der Waals surface area contributed by atoms with Crippen molar-refractivity contribution in [1.82, 2.24) is 0 Å². The third-order valence-electron chi connectivity index (χ3n) is 3.67. The molecule has 1 aliphatic heterocycles. The van der Waals surface area contributed by atoms with Crippen LogP contribution < -0.4 is 4.90 Å². The largest absolute Gasteiger partial charge is 0.301 e. The van der Waals surface area contributed by atoms with Gasteiger partial charge in [-0.1, -0.05) is 51.1 Å². The molecule has 0 bridgehead atoms. The number of thiocyanates is 1. The number of para-hydroxylation sites is 1. The summed E-state index contributed by atoms with van der Waals surface area (Å²) in [5.74, 6) is 0.0954. The van der Waals surface area contributed by atoms with Gasteiger partial charge < -0.3 is 4.90 Å². The molecule has 1 aliphatic rings. The van der Waals surface area contributed by atoms with Gasteiger partial charge in [-0.05, 0) is 31.7 Å². The minimum absolute atomic E-state index is 0.0565. The highest BCUT2D eigenvalue weighted by Crippen LogP contribution is 2.51. The fourth-order valence-corrected chi connectivity index (χ4v) is 6.38. The number of anilines is 1. The van der Waals surface area contributed by atoms with Crippen molar-refractivity contribution in [1.29, 1.82) is 5.26 Å². The third-order valence-corrected chi connectivity index (χ3v) is 7.52. The average Bonchev–Trinajstić information content (AvgIpc) is 2.88. The van der Waals surface area contributed by atoms with Crippen LogP contribution in [0.2, 0.25) is 0 Å². The number of benzene rings is 1. The van der Waals surface area contributed by atoms with Gasteiger partial charge in [0.1, 0.15) is 9.23 Å². The highest BCUT2D eigenvalue weighted by Gasteiger charge is 2.42. The van der Waals surface area contributed by atoms with Crippen LogP contribution in [0, 0.1) is 14.5 Å². The molecule has 0 atom stereocenters. The average molecular weight is 365 g/mol. The van der Waals surface area contributed by atoms with Crippen molar-refractivity contribution in [3.05, 3.63) is 33.0 Å².